The fourth-order valence-electron chi connectivity index (χ4n) is 3.53. The lowest BCUT2D eigenvalue weighted by molar-refractivity contribution is -0.122. The molecule has 1 heterocycles. The lowest BCUT2D eigenvalue weighted by atomic mass is 9.97. The maximum Gasteiger partial charge on any atom is 0.335 e. The second kappa shape index (κ2) is 8.36. The number of benzene rings is 3. The molecule has 154 valence electrons. The first-order chi connectivity index (χ1) is 15.0. The molecule has 4 rings (SSSR count). The van der Waals surface area contributed by atoms with E-state index in [0.29, 0.717) is 23.2 Å². The van der Waals surface area contributed by atoms with Crippen LogP contribution in [-0.2, 0) is 16.0 Å². The van der Waals surface area contributed by atoms with E-state index in [9.17, 15) is 18.8 Å². The molecule has 0 aromatic heterocycles. The number of aryl methyl sites for hydroxylation is 1. The summed E-state index contributed by atoms with van der Waals surface area (Å²) in [5.74, 6) is -1.79. The monoisotopic (exact) mass is 414 g/mol. The van der Waals surface area contributed by atoms with Crippen LogP contribution < -0.4 is 10.2 Å². The number of rotatable bonds is 4. The predicted molar refractivity (Wildman–Crippen MR) is 116 cm³/mol. The van der Waals surface area contributed by atoms with E-state index in [-0.39, 0.29) is 11.4 Å². The molecular formula is C25H19FN2O3. The number of amides is 4. The second-order valence-corrected chi connectivity index (χ2v) is 7.21. The Morgan fingerprint density at radius 3 is 2.26 bits per heavy atom. The van der Waals surface area contributed by atoms with Gasteiger partial charge in [0.15, 0.2) is 0 Å². The first-order valence-corrected chi connectivity index (χ1v) is 9.74. The standard InChI is InChI=1S/C25H19FN2O3/c1-16-8-2-7-13-22(16)28-24(30)20(23(29)27-25(28)31)15-18-10-4-3-9-17(18)14-19-11-5-6-12-21(19)26/h2-13,15H,14H2,1H3,(H,27,29,31)/b20-15+. The van der Waals surface area contributed by atoms with E-state index >= 15 is 0 Å². The third kappa shape index (κ3) is 4.00. The summed E-state index contributed by atoms with van der Waals surface area (Å²) in [4.78, 5) is 39.0. The Balaban J connectivity index is 1.74. The van der Waals surface area contributed by atoms with E-state index in [1.165, 1.54) is 12.1 Å². The average molecular weight is 414 g/mol. The molecule has 1 saturated heterocycles. The number of nitrogens with zero attached hydrogens (tertiary/aromatic N) is 1. The van der Waals surface area contributed by atoms with Crippen molar-refractivity contribution < 1.29 is 18.8 Å². The molecule has 5 nitrogen and oxygen atoms in total. The minimum Gasteiger partial charge on any atom is -0.273 e. The minimum absolute atomic E-state index is 0.163. The molecule has 0 radical (unpaired) electrons. The number of hydrogen-bond acceptors (Lipinski definition) is 3. The number of nitrogens with one attached hydrogen (secondary N) is 1. The molecule has 0 saturated carbocycles. The van der Waals surface area contributed by atoms with Gasteiger partial charge in [0.2, 0.25) is 0 Å². The Labute approximate surface area is 178 Å². The zero-order chi connectivity index (χ0) is 22.0. The quantitative estimate of drug-likeness (QED) is 0.509. The van der Waals surface area contributed by atoms with Crippen LogP contribution in [0.1, 0.15) is 22.3 Å². The third-order valence-electron chi connectivity index (χ3n) is 5.15. The molecule has 4 amide bonds. The molecule has 6 heteroatoms. The summed E-state index contributed by atoms with van der Waals surface area (Å²) in [6.07, 6.45) is 1.74. The van der Waals surface area contributed by atoms with Crippen LogP contribution in [0.15, 0.2) is 78.4 Å². The Morgan fingerprint density at radius 2 is 1.52 bits per heavy atom. The topological polar surface area (TPSA) is 66.5 Å². The largest absolute Gasteiger partial charge is 0.335 e. The van der Waals surface area contributed by atoms with E-state index in [1.807, 2.05) is 12.1 Å². The first kappa shape index (κ1) is 20.2. The summed E-state index contributed by atoms with van der Waals surface area (Å²) in [6.45, 7) is 1.78. The zero-order valence-electron chi connectivity index (χ0n) is 16.8. The SMILES string of the molecule is Cc1ccccc1N1C(=O)NC(=O)/C(=C\c2ccccc2Cc2ccccc2F)C1=O. The summed E-state index contributed by atoms with van der Waals surface area (Å²) in [5.41, 5.74) is 2.82. The van der Waals surface area contributed by atoms with Gasteiger partial charge in [-0.1, -0.05) is 60.7 Å². The lowest BCUT2D eigenvalue weighted by Crippen LogP contribution is -2.54. The van der Waals surface area contributed by atoms with Crippen molar-refractivity contribution in [3.63, 3.8) is 0 Å². The van der Waals surface area contributed by atoms with E-state index in [0.717, 1.165) is 16.0 Å². The number of imide groups is 2. The predicted octanol–water partition coefficient (Wildman–Crippen LogP) is 4.39. The molecule has 0 atom stereocenters. The van der Waals surface area contributed by atoms with Gasteiger partial charge in [-0.05, 0) is 47.4 Å². The van der Waals surface area contributed by atoms with Crippen LogP contribution in [0.2, 0.25) is 0 Å². The van der Waals surface area contributed by atoms with E-state index in [2.05, 4.69) is 5.32 Å². The molecule has 0 unspecified atom stereocenters. The summed E-state index contributed by atoms with van der Waals surface area (Å²) in [6, 6.07) is 19.7. The number of halogens is 1. The normalized spacial score (nSPS) is 15.4. The van der Waals surface area contributed by atoms with Gasteiger partial charge in [-0.2, -0.15) is 0 Å². The van der Waals surface area contributed by atoms with Gasteiger partial charge in [0.1, 0.15) is 11.4 Å². The maximum absolute atomic E-state index is 14.1. The van der Waals surface area contributed by atoms with Crippen LogP contribution in [0.5, 0.6) is 0 Å². The molecule has 31 heavy (non-hydrogen) atoms. The number of para-hydroxylation sites is 1. The van der Waals surface area contributed by atoms with Crippen molar-refractivity contribution in [1.82, 2.24) is 5.32 Å². The van der Waals surface area contributed by atoms with Crippen LogP contribution in [-0.4, -0.2) is 17.8 Å². The number of carbonyl (C=O) groups is 3. The molecule has 1 aliphatic heterocycles. The highest BCUT2D eigenvalue weighted by Crippen LogP contribution is 2.26. The summed E-state index contributed by atoms with van der Waals surface area (Å²) in [7, 11) is 0. The van der Waals surface area contributed by atoms with Crippen molar-refractivity contribution in [2.24, 2.45) is 0 Å². The summed E-state index contributed by atoms with van der Waals surface area (Å²) >= 11 is 0. The van der Waals surface area contributed by atoms with Crippen LogP contribution in [0.4, 0.5) is 14.9 Å². The fraction of sp³-hybridized carbons (Fsp3) is 0.0800. The molecule has 1 N–H and O–H groups in total. The lowest BCUT2D eigenvalue weighted by Gasteiger charge is -2.27. The van der Waals surface area contributed by atoms with Crippen LogP contribution in [0.3, 0.4) is 0 Å². The van der Waals surface area contributed by atoms with Gasteiger partial charge in [-0.25, -0.2) is 14.1 Å². The maximum atomic E-state index is 14.1. The molecule has 0 bridgehead atoms. The van der Waals surface area contributed by atoms with Crippen LogP contribution in [0, 0.1) is 12.7 Å². The highest BCUT2D eigenvalue weighted by atomic mass is 19.1. The number of barbiturate groups is 1. The molecule has 3 aromatic rings. The number of carbonyl (C=O) groups excluding carboxylic acids is 3. The van der Waals surface area contributed by atoms with Crippen LogP contribution >= 0.6 is 0 Å². The van der Waals surface area contributed by atoms with Gasteiger partial charge in [0.25, 0.3) is 11.8 Å². The average Bonchev–Trinajstić information content (AvgIpc) is 2.75. The van der Waals surface area contributed by atoms with Crippen LogP contribution in [0.25, 0.3) is 6.08 Å². The van der Waals surface area contributed by atoms with Gasteiger partial charge in [-0.3, -0.25) is 14.9 Å². The van der Waals surface area contributed by atoms with Crippen molar-refractivity contribution in [2.45, 2.75) is 13.3 Å². The second-order valence-electron chi connectivity index (χ2n) is 7.21. The number of anilines is 1. The third-order valence-corrected chi connectivity index (χ3v) is 5.15. The van der Waals surface area contributed by atoms with E-state index in [4.69, 9.17) is 0 Å². The molecule has 1 aliphatic rings. The Hall–Kier alpha value is -4.06. The van der Waals surface area contributed by atoms with Crippen molar-refractivity contribution in [3.05, 3.63) is 106 Å². The van der Waals surface area contributed by atoms with Gasteiger partial charge in [0, 0.05) is 6.42 Å². The van der Waals surface area contributed by atoms with Crippen molar-refractivity contribution in [1.29, 1.82) is 0 Å². The number of hydrogen-bond donors (Lipinski definition) is 1. The summed E-state index contributed by atoms with van der Waals surface area (Å²) in [5, 5.41) is 2.23. The molecular weight excluding hydrogens is 395 g/mol. The summed E-state index contributed by atoms with van der Waals surface area (Å²) < 4.78 is 14.1. The number of urea groups is 1. The van der Waals surface area contributed by atoms with Gasteiger partial charge >= 0.3 is 6.03 Å². The molecule has 3 aromatic carbocycles. The fourth-order valence-corrected chi connectivity index (χ4v) is 3.53. The molecule has 0 aliphatic carbocycles. The minimum atomic E-state index is -0.791. The van der Waals surface area contributed by atoms with Crippen molar-refractivity contribution in [2.75, 3.05) is 4.90 Å². The van der Waals surface area contributed by atoms with E-state index in [1.54, 1.807) is 61.5 Å². The Morgan fingerprint density at radius 1 is 0.871 bits per heavy atom. The van der Waals surface area contributed by atoms with Gasteiger partial charge < -0.3 is 0 Å². The molecule has 0 spiro atoms. The molecule has 1 fully saturated rings. The van der Waals surface area contributed by atoms with Crippen molar-refractivity contribution >= 4 is 29.6 Å². The first-order valence-electron chi connectivity index (χ1n) is 9.74. The van der Waals surface area contributed by atoms with Gasteiger partial charge in [0.05, 0.1) is 5.69 Å². The van der Waals surface area contributed by atoms with Crippen molar-refractivity contribution in [3.8, 4) is 0 Å². The zero-order valence-corrected chi connectivity index (χ0v) is 16.8. The van der Waals surface area contributed by atoms with Gasteiger partial charge in [-0.15, -0.1) is 0 Å². The highest BCUT2D eigenvalue weighted by Gasteiger charge is 2.37. The van der Waals surface area contributed by atoms with E-state index < -0.39 is 17.8 Å². The Kier molecular flexibility index (Phi) is 5.45. The smallest absolute Gasteiger partial charge is 0.273 e. The highest BCUT2D eigenvalue weighted by molar-refractivity contribution is 6.39. The Bertz CT molecular complexity index is 1230.